The lowest BCUT2D eigenvalue weighted by Gasteiger charge is -2.38. The first-order valence-electron chi connectivity index (χ1n) is 9.06. The largest absolute Gasteiger partial charge is 0.461 e. The number of Topliss-reactive ketones (excluding diaryl/α,β-unsaturated/α-hetero) is 1. The normalized spacial score (nSPS) is 41.4. The molecule has 1 N–H and O–H groups in total. The Kier molecular flexibility index (Phi) is 4.67. The number of carbonyl (C=O) groups excluding carboxylic acids is 2. The Labute approximate surface area is 149 Å². The summed E-state index contributed by atoms with van der Waals surface area (Å²) >= 11 is 0. The predicted octanol–water partition coefficient (Wildman–Crippen LogP) is 2.43. The number of ether oxygens (including phenoxy) is 2. The smallest absolute Gasteiger partial charge is 0.313 e. The van der Waals surface area contributed by atoms with Gasteiger partial charge in [-0.2, -0.15) is 0 Å². The maximum atomic E-state index is 13.0. The van der Waals surface area contributed by atoms with Crippen LogP contribution in [0.5, 0.6) is 0 Å². The Bertz CT molecular complexity index is 634. The molecule has 2 heterocycles. The summed E-state index contributed by atoms with van der Waals surface area (Å²) in [4.78, 5) is 25.5. The van der Waals surface area contributed by atoms with Crippen molar-refractivity contribution in [2.75, 3.05) is 6.61 Å². The summed E-state index contributed by atoms with van der Waals surface area (Å²) in [7, 11) is 0. The maximum Gasteiger partial charge on any atom is 0.313 e. The molecule has 0 radical (unpaired) electrons. The third kappa shape index (κ3) is 3.32. The standard InChI is InChI=1S/C20H28O5/c1-10(2)18(22)14-8-20(5)16(25-20)7-15(21)11(3)6-13-17(14)12(4)9-24-19(13)23/h6,10,13-17,21H,4,7-9H2,1-3,5H3/t13-,14+,15-,16+,17-,20+/m0/s1. The van der Waals surface area contributed by atoms with Crippen LogP contribution in [-0.2, 0) is 19.1 Å². The van der Waals surface area contributed by atoms with Crippen molar-refractivity contribution in [3.05, 3.63) is 23.8 Å². The van der Waals surface area contributed by atoms with Crippen molar-refractivity contribution in [1.29, 1.82) is 0 Å². The third-order valence-corrected chi connectivity index (χ3v) is 5.96. The van der Waals surface area contributed by atoms with Gasteiger partial charge in [-0.25, -0.2) is 0 Å². The van der Waals surface area contributed by atoms with Crippen LogP contribution in [-0.4, -0.2) is 41.3 Å². The lowest BCUT2D eigenvalue weighted by Crippen LogP contribution is -2.43. The van der Waals surface area contributed by atoms with Crippen molar-refractivity contribution in [2.45, 2.75) is 58.3 Å². The maximum absolute atomic E-state index is 13.0. The van der Waals surface area contributed by atoms with E-state index in [1.165, 1.54) is 0 Å². The fraction of sp³-hybridized carbons (Fsp3) is 0.700. The summed E-state index contributed by atoms with van der Waals surface area (Å²) < 4.78 is 11.1. The Hall–Kier alpha value is -1.46. The molecular formula is C20H28O5. The molecule has 0 spiro atoms. The van der Waals surface area contributed by atoms with Crippen LogP contribution in [0.25, 0.3) is 0 Å². The minimum Gasteiger partial charge on any atom is -0.461 e. The highest BCUT2D eigenvalue weighted by Gasteiger charge is 2.57. The van der Waals surface area contributed by atoms with Crippen molar-refractivity contribution in [1.82, 2.24) is 0 Å². The zero-order valence-corrected chi connectivity index (χ0v) is 15.5. The SMILES string of the molecule is C=C1COC(=O)[C@H]2C=C(C)[C@@H](O)C[C@H]3O[C@]3(C)C[C@@H](C(=O)C(C)C)[C@@H]12. The number of aliphatic hydroxyl groups excluding tert-OH is 1. The van der Waals surface area contributed by atoms with Gasteiger partial charge in [-0.1, -0.05) is 26.5 Å². The van der Waals surface area contributed by atoms with Crippen molar-refractivity contribution < 1.29 is 24.2 Å². The summed E-state index contributed by atoms with van der Waals surface area (Å²) in [6.45, 7) is 11.8. The van der Waals surface area contributed by atoms with Crippen LogP contribution in [0.2, 0.25) is 0 Å². The highest BCUT2D eigenvalue weighted by atomic mass is 16.6. The lowest BCUT2D eigenvalue weighted by atomic mass is 9.68. The van der Waals surface area contributed by atoms with Crippen LogP contribution in [0.4, 0.5) is 0 Å². The number of epoxide rings is 1. The molecule has 5 heteroatoms. The van der Waals surface area contributed by atoms with Crippen molar-refractivity contribution in [3.63, 3.8) is 0 Å². The number of carbonyl (C=O) groups is 2. The van der Waals surface area contributed by atoms with Crippen molar-refractivity contribution >= 4 is 11.8 Å². The average Bonchev–Trinajstić information content (AvgIpc) is 3.17. The molecule has 5 nitrogen and oxygen atoms in total. The van der Waals surface area contributed by atoms with Crippen LogP contribution >= 0.6 is 0 Å². The zero-order chi connectivity index (χ0) is 18.5. The van der Waals surface area contributed by atoms with Gasteiger partial charge in [-0.15, -0.1) is 0 Å². The number of fused-ring (bicyclic) bond motifs is 2. The molecule has 25 heavy (non-hydrogen) atoms. The second kappa shape index (κ2) is 6.36. The van der Waals surface area contributed by atoms with Crippen LogP contribution in [0, 0.1) is 23.7 Å². The van der Waals surface area contributed by atoms with Gasteiger partial charge in [0.05, 0.1) is 23.7 Å². The second-order valence-electron chi connectivity index (χ2n) is 8.27. The van der Waals surface area contributed by atoms with Gasteiger partial charge in [-0.3, -0.25) is 9.59 Å². The zero-order valence-electron chi connectivity index (χ0n) is 15.5. The number of hydrogen-bond acceptors (Lipinski definition) is 5. The molecule has 0 aromatic rings. The molecule has 0 saturated carbocycles. The van der Waals surface area contributed by atoms with Crippen molar-refractivity contribution in [3.8, 4) is 0 Å². The van der Waals surface area contributed by atoms with E-state index in [0.717, 1.165) is 11.1 Å². The Balaban J connectivity index is 2.07. The first-order chi connectivity index (χ1) is 11.6. The van der Waals surface area contributed by atoms with E-state index in [4.69, 9.17) is 9.47 Å². The van der Waals surface area contributed by atoms with Crippen LogP contribution in [0.3, 0.4) is 0 Å². The van der Waals surface area contributed by atoms with Crippen LogP contribution in [0.1, 0.15) is 40.5 Å². The lowest BCUT2D eigenvalue weighted by molar-refractivity contribution is -0.152. The average molecular weight is 348 g/mol. The molecule has 0 unspecified atom stereocenters. The molecule has 2 saturated heterocycles. The molecule has 1 aliphatic carbocycles. The molecule has 138 valence electrons. The Morgan fingerprint density at radius 3 is 2.76 bits per heavy atom. The number of cyclic esters (lactones) is 1. The summed E-state index contributed by atoms with van der Waals surface area (Å²) in [5, 5.41) is 10.4. The van der Waals surface area contributed by atoms with E-state index in [1.807, 2.05) is 27.7 Å². The van der Waals surface area contributed by atoms with Gasteiger partial charge >= 0.3 is 5.97 Å². The molecular weight excluding hydrogens is 320 g/mol. The Morgan fingerprint density at radius 1 is 1.44 bits per heavy atom. The minimum atomic E-state index is -0.659. The molecule has 0 aromatic carbocycles. The predicted molar refractivity (Wildman–Crippen MR) is 92.7 cm³/mol. The van der Waals surface area contributed by atoms with Gasteiger partial charge in [0, 0.05) is 24.2 Å². The van der Waals surface area contributed by atoms with E-state index in [9.17, 15) is 14.7 Å². The molecule has 3 aliphatic rings. The van der Waals surface area contributed by atoms with E-state index in [1.54, 1.807) is 6.08 Å². The molecule has 3 rings (SSSR count). The Morgan fingerprint density at radius 2 is 2.12 bits per heavy atom. The second-order valence-corrected chi connectivity index (χ2v) is 8.27. The molecule has 0 amide bonds. The van der Waals surface area contributed by atoms with Gasteiger partial charge in [0.2, 0.25) is 0 Å². The number of ketones is 1. The minimum absolute atomic E-state index is 0.0614. The van der Waals surface area contributed by atoms with Crippen LogP contribution < -0.4 is 0 Å². The summed E-state index contributed by atoms with van der Waals surface area (Å²) in [6.07, 6.45) is 2.07. The van der Waals surface area contributed by atoms with Gasteiger partial charge in [0.1, 0.15) is 12.4 Å². The van der Waals surface area contributed by atoms with E-state index in [0.29, 0.717) is 12.8 Å². The summed E-state index contributed by atoms with van der Waals surface area (Å²) in [6, 6.07) is 0. The van der Waals surface area contributed by atoms with E-state index >= 15 is 0 Å². The summed E-state index contributed by atoms with van der Waals surface area (Å²) in [5.41, 5.74) is 1.06. The fourth-order valence-corrected chi connectivity index (χ4v) is 4.28. The molecule has 0 bridgehead atoms. The quantitative estimate of drug-likeness (QED) is 0.471. The number of aliphatic hydroxyl groups is 1. The van der Waals surface area contributed by atoms with Crippen LogP contribution in [0.15, 0.2) is 23.8 Å². The molecule has 0 aromatic heterocycles. The van der Waals surface area contributed by atoms with E-state index < -0.39 is 17.6 Å². The van der Waals surface area contributed by atoms with E-state index in [2.05, 4.69) is 6.58 Å². The van der Waals surface area contributed by atoms with Gasteiger partial charge < -0.3 is 14.6 Å². The molecule has 2 fully saturated rings. The monoisotopic (exact) mass is 348 g/mol. The first-order valence-corrected chi connectivity index (χ1v) is 9.06. The number of hydrogen-bond donors (Lipinski definition) is 1. The molecule has 2 aliphatic heterocycles. The van der Waals surface area contributed by atoms with E-state index in [-0.39, 0.29) is 42.2 Å². The molecule has 6 atom stereocenters. The van der Waals surface area contributed by atoms with Gasteiger partial charge in [0.25, 0.3) is 0 Å². The van der Waals surface area contributed by atoms with Gasteiger partial charge in [0.15, 0.2) is 0 Å². The number of esters is 1. The highest BCUT2D eigenvalue weighted by molar-refractivity contribution is 5.86. The topological polar surface area (TPSA) is 76.1 Å². The van der Waals surface area contributed by atoms with Crippen molar-refractivity contribution in [2.24, 2.45) is 23.7 Å². The number of rotatable bonds is 2. The van der Waals surface area contributed by atoms with Gasteiger partial charge in [-0.05, 0) is 31.4 Å². The first kappa shape index (κ1) is 18.3. The summed E-state index contributed by atoms with van der Waals surface area (Å²) in [5.74, 6) is -1.56. The third-order valence-electron chi connectivity index (χ3n) is 5.96. The highest BCUT2D eigenvalue weighted by Crippen LogP contribution is 2.49. The fourth-order valence-electron chi connectivity index (χ4n) is 4.28.